The maximum Gasteiger partial charge on any atom is 0.502 e. The molecule has 2 aliphatic carbocycles. The van der Waals surface area contributed by atoms with Crippen molar-refractivity contribution in [2.24, 2.45) is 4.99 Å². The van der Waals surface area contributed by atoms with Crippen molar-refractivity contribution < 1.29 is 37.5 Å². The van der Waals surface area contributed by atoms with E-state index in [0.29, 0.717) is 5.75 Å². The monoisotopic (exact) mass is 569 g/mol. The van der Waals surface area contributed by atoms with Crippen molar-refractivity contribution in [2.45, 2.75) is 76.3 Å². The number of guanidine groups is 1. The molecule has 0 aliphatic heterocycles. The SMILES string of the molecule is O=P(O)(O)OP(=O)(O)ON(CCOc1ccc2ccccc2c1)C(=NC1CCCCC1)NC1CCCCC1. The van der Waals surface area contributed by atoms with E-state index in [-0.39, 0.29) is 31.2 Å². The van der Waals surface area contributed by atoms with Crippen molar-refractivity contribution in [1.82, 2.24) is 10.4 Å². The average molecular weight is 570 g/mol. The molecule has 1 atom stereocenters. The van der Waals surface area contributed by atoms with E-state index in [9.17, 15) is 14.0 Å². The van der Waals surface area contributed by atoms with E-state index in [1.807, 2.05) is 42.5 Å². The second-order valence-electron chi connectivity index (χ2n) is 9.81. The summed E-state index contributed by atoms with van der Waals surface area (Å²) < 4.78 is 39.1. The summed E-state index contributed by atoms with van der Waals surface area (Å²) in [4.78, 5) is 33.3. The number of nitrogens with zero attached hydrogens (tertiary/aromatic N) is 2. The summed E-state index contributed by atoms with van der Waals surface area (Å²) in [5.74, 6) is 0.850. The minimum Gasteiger partial charge on any atom is -0.492 e. The maximum atomic E-state index is 12.6. The van der Waals surface area contributed by atoms with E-state index >= 15 is 0 Å². The van der Waals surface area contributed by atoms with E-state index < -0.39 is 15.6 Å². The van der Waals surface area contributed by atoms with Crippen LogP contribution in [0.25, 0.3) is 10.8 Å². The Kier molecular flexibility index (Phi) is 10.2. The van der Waals surface area contributed by atoms with Gasteiger partial charge >= 0.3 is 15.6 Å². The Balaban J connectivity index is 1.54. The summed E-state index contributed by atoms with van der Waals surface area (Å²) in [6.07, 6.45) is 10.1. The number of hydrogen-bond donors (Lipinski definition) is 4. The highest BCUT2D eigenvalue weighted by atomic mass is 31.3. The van der Waals surface area contributed by atoms with Gasteiger partial charge in [-0.3, -0.25) is 0 Å². The van der Waals surface area contributed by atoms with Crippen molar-refractivity contribution in [3.63, 3.8) is 0 Å². The molecule has 0 amide bonds. The average Bonchev–Trinajstić information content (AvgIpc) is 2.87. The molecule has 4 rings (SSSR count). The van der Waals surface area contributed by atoms with E-state index in [4.69, 9.17) is 24.1 Å². The molecule has 1 unspecified atom stereocenters. The lowest BCUT2D eigenvalue weighted by Crippen LogP contribution is -2.48. The van der Waals surface area contributed by atoms with Crippen molar-refractivity contribution in [2.75, 3.05) is 13.2 Å². The molecule has 13 heteroatoms. The van der Waals surface area contributed by atoms with Gasteiger partial charge in [-0.15, -0.1) is 0 Å². The number of rotatable bonds is 10. The van der Waals surface area contributed by atoms with E-state index in [1.54, 1.807) is 0 Å². The van der Waals surface area contributed by atoms with Crippen LogP contribution < -0.4 is 10.1 Å². The van der Waals surface area contributed by atoms with Gasteiger partial charge in [0.15, 0.2) is 0 Å². The molecule has 0 bridgehead atoms. The number of nitrogens with one attached hydrogen (secondary N) is 1. The predicted molar refractivity (Wildman–Crippen MR) is 145 cm³/mol. The summed E-state index contributed by atoms with van der Waals surface area (Å²) >= 11 is 0. The molecule has 2 saturated carbocycles. The maximum absolute atomic E-state index is 12.6. The highest BCUT2D eigenvalue weighted by Gasteiger charge is 2.37. The van der Waals surface area contributed by atoms with E-state index in [0.717, 1.165) is 80.0 Å². The first kappa shape index (κ1) is 29.0. The molecule has 210 valence electrons. The van der Waals surface area contributed by atoms with Gasteiger partial charge in [-0.25, -0.2) is 19.2 Å². The van der Waals surface area contributed by atoms with Crippen LogP contribution in [0.15, 0.2) is 47.5 Å². The number of ether oxygens (including phenoxy) is 1. The van der Waals surface area contributed by atoms with Crippen LogP contribution in [-0.4, -0.2) is 50.9 Å². The summed E-state index contributed by atoms with van der Waals surface area (Å²) in [6, 6.07) is 13.6. The fourth-order valence-electron chi connectivity index (χ4n) is 4.95. The molecular formula is C25H37N3O8P2. The van der Waals surface area contributed by atoms with Gasteiger partial charge in [0, 0.05) is 6.04 Å². The zero-order chi connectivity index (χ0) is 27.0. The standard InChI is InChI=1S/C25H37N3O8P2/c29-37(30,31)36-38(32,33)35-28(17-18-34-24-16-15-20-9-7-8-10-21(20)19-24)25(26-22-11-3-1-4-12-22)27-23-13-5-2-6-14-23/h7-10,15-16,19,22-23H,1-6,11-14,17-18H2,(H,26,27)(H,32,33)(H2,29,30,31). The zero-order valence-corrected chi connectivity index (χ0v) is 23.1. The van der Waals surface area contributed by atoms with Crippen LogP contribution in [0.5, 0.6) is 5.75 Å². The Bertz CT molecular complexity index is 1180. The molecule has 2 aliphatic rings. The van der Waals surface area contributed by atoms with E-state index in [1.165, 1.54) is 0 Å². The molecule has 4 N–H and O–H groups in total. The lowest BCUT2D eigenvalue weighted by Gasteiger charge is -2.32. The molecule has 0 aromatic heterocycles. The highest BCUT2D eigenvalue weighted by molar-refractivity contribution is 7.60. The van der Waals surface area contributed by atoms with Gasteiger partial charge in [-0.05, 0) is 48.6 Å². The van der Waals surface area contributed by atoms with Crippen molar-refractivity contribution >= 4 is 32.4 Å². The van der Waals surface area contributed by atoms with Gasteiger partial charge in [0.25, 0.3) is 0 Å². The summed E-state index contributed by atoms with van der Waals surface area (Å²) in [7, 11) is -10.5. The van der Waals surface area contributed by atoms with Gasteiger partial charge in [0.1, 0.15) is 12.4 Å². The topological polar surface area (TPSA) is 150 Å². The molecule has 2 aromatic carbocycles. The number of fused-ring (bicyclic) bond motifs is 1. The van der Waals surface area contributed by atoms with Crippen LogP contribution in [0.2, 0.25) is 0 Å². The number of phosphoric acid groups is 2. The number of benzene rings is 2. The fourth-order valence-corrected chi connectivity index (χ4v) is 6.55. The Hall–Kier alpha value is -1.97. The second kappa shape index (κ2) is 13.4. The highest BCUT2D eigenvalue weighted by Crippen LogP contribution is 2.58. The molecular weight excluding hydrogens is 532 g/mol. The van der Waals surface area contributed by atoms with Gasteiger partial charge in [0.2, 0.25) is 5.96 Å². The van der Waals surface area contributed by atoms with Crippen LogP contribution in [0.3, 0.4) is 0 Å². The van der Waals surface area contributed by atoms with Crippen LogP contribution in [0.4, 0.5) is 0 Å². The van der Waals surface area contributed by atoms with Gasteiger partial charge < -0.3 is 24.7 Å². The van der Waals surface area contributed by atoms with Crippen LogP contribution >= 0.6 is 15.6 Å². The zero-order valence-electron chi connectivity index (χ0n) is 21.4. The first-order valence-electron chi connectivity index (χ1n) is 13.2. The molecule has 38 heavy (non-hydrogen) atoms. The Morgan fingerprint density at radius 1 is 0.921 bits per heavy atom. The lowest BCUT2D eigenvalue weighted by molar-refractivity contribution is -0.0256. The molecule has 11 nitrogen and oxygen atoms in total. The Morgan fingerprint density at radius 2 is 1.58 bits per heavy atom. The molecule has 2 aromatic rings. The Morgan fingerprint density at radius 3 is 2.26 bits per heavy atom. The van der Waals surface area contributed by atoms with Crippen LogP contribution in [-0.2, 0) is 18.1 Å². The normalized spacial score (nSPS) is 19.7. The van der Waals surface area contributed by atoms with Crippen molar-refractivity contribution in [1.29, 1.82) is 0 Å². The quantitative estimate of drug-likeness (QED) is 0.129. The number of aliphatic imine (C=N–C) groups is 1. The number of hydroxylamine groups is 2. The van der Waals surface area contributed by atoms with E-state index in [2.05, 4.69) is 9.63 Å². The first-order valence-corrected chi connectivity index (χ1v) is 16.2. The largest absolute Gasteiger partial charge is 0.502 e. The van der Waals surface area contributed by atoms with Gasteiger partial charge in [0.05, 0.1) is 12.6 Å². The van der Waals surface area contributed by atoms with Gasteiger partial charge in [-0.2, -0.15) is 8.94 Å². The minimum atomic E-state index is -5.30. The summed E-state index contributed by atoms with van der Waals surface area (Å²) in [6.45, 7) is -0.00253. The fraction of sp³-hybridized carbons (Fsp3) is 0.560. The predicted octanol–water partition coefficient (Wildman–Crippen LogP) is 5.27. The van der Waals surface area contributed by atoms with Crippen LogP contribution in [0.1, 0.15) is 64.2 Å². The first-order chi connectivity index (χ1) is 18.2. The summed E-state index contributed by atoms with van der Waals surface area (Å²) in [5, 5.41) is 6.51. The second-order valence-corrected chi connectivity index (χ2v) is 12.5. The van der Waals surface area contributed by atoms with Crippen molar-refractivity contribution in [3.05, 3.63) is 42.5 Å². The van der Waals surface area contributed by atoms with Crippen molar-refractivity contribution in [3.8, 4) is 5.75 Å². The minimum absolute atomic E-state index is 0.00289. The Labute approximate surface area is 223 Å². The summed E-state index contributed by atoms with van der Waals surface area (Å²) in [5.41, 5.74) is 0. The molecule has 0 saturated heterocycles. The number of hydrogen-bond acceptors (Lipinski definition) is 6. The smallest absolute Gasteiger partial charge is 0.492 e. The lowest BCUT2D eigenvalue weighted by atomic mass is 9.95. The molecule has 0 heterocycles. The molecule has 0 spiro atoms. The third-order valence-corrected chi connectivity index (χ3v) is 8.83. The third-order valence-electron chi connectivity index (χ3n) is 6.75. The molecule has 2 fully saturated rings. The van der Waals surface area contributed by atoms with Gasteiger partial charge in [-0.1, -0.05) is 68.9 Å². The van der Waals surface area contributed by atoms with Crippen LogP contribution in [0, 0.1) is 0 Å². The molecule has 0 radical (unpaired) electrons. The third kappa shape index (κ3) is 9.35.